The second-order valence-electron chi connectivity index (χ2n) is 14.5. The van der Waals surface area contributed by atoms with Gasteiger partial charge in [0, 0.05) is 22.4 Å². The summed E-state index contributed by atoms with van der Waals surface area (Å²) in [5.74, 6) is 3.00. The van der Waals surface area contributed by atoms with Crippen molar-refractivity contribution in [2.24, 2.45) is 4.99 Å². The van der Waals surface area contributed by atoms with Crippen LogP contribution in [0.1, 0.15) is 55.4 Å². The topological polar surface area (TPSA) is 57.5 Å². The summed E-state index contributed by atoms with van der Waals surface area (Å²) in [7, 11) is 0. The molecule has 0 bridgehead atoms. The van der Waals surface area contributed by atoms with Crippen molar-refractivity contribution in [3.8, 4) is 45.3 Å². The molecule has 4 aromatic carbocycles. The highest BCUT2D eigenvalue weighted by Crippen LogP contribution is 2.53. The van der Waals surface area contributed by atoms with Crippen LogP contribution in [0.3, 0.4) is 0 Å². The molecule has 3 heterocycles. The second kappa shape index (κ2) is 10.3. The van der Waals surface area contributed by atoms with Gasteiger partial charge in [-0.3, -0.25) is 0 Å². The predicted octanol–water partition coefficient (Wildman–Crippen LogP) is 9.15. The van der Waals surface area contributed by atoms with Gasteiger partial charge in [0.1, 0.15) is 0 Å². The zero-order chi connectivity index (χ0) is 32.5. The average Bonchev–Trinajstić information content (AvgIpc) is 3.34. The molecule has 0 saturated carbocycles. The minimum atomic E-state index is -0.220. The van der Waals surface area contributed by atoms with Gasteiger partial charge < -0.3 is 9.80 Å². The Bertz CT molecular complexity index is 1900. The molecule has 46 heavy (non-hydrogen) atoms. The molecule has 7 rings (SSSR count). The van der Waals surface area contributed by atoms with Crippen LogP contribution in [-0.4, -0.2) is 48.0 Å². The first-order valence-electron chi connectivity index (χ1n) is 16.1. The minimum absolute atomic E-state index is 0.133. The van der Waals surface area contributed by atoms with Crippen molar-refractivity contribution in [1.29, 1.82) is 0 Å². The van der Waals surface area contributed by atoms with Gasteiger partial charge in [-0.2, -0.15) is 0 Å². The normalized spacial score (nSPS) is 18.7. The summed E-state index contributed by atoms with van der Waals surface area (Å²) >= 11 is 0. The molecule has 0 spiro atoms. The third-order valence-corrected chi connectivity index (χ3v) is 10.7. The molecule has 0 radical (unpaired) electrons. The van der Waals surface area contributed by atoms with E-state index >= 15 is 0 Å². The Morgan fingerprint density at radius 2 is 0.891 bits per heavy atom. The van der Waals surface area contributed by atoms with Crippen molar-refractivity contribution in [3.63, 3.8) is 0 Å². The van der Waals surface area contributed by atoms with Crippen LogP contribution in [0, 0.1) is 0 Å². The van der Waals surface area contributed by atoms with Gasteiger partial charge in [0.25, 0.3) is 0 Å². The quantitative estimate of drug-likeness (QED) is 0.200. The molecule has 0 atom stereocenters. The molecule has 0 aliphatic carbocycles. The third-order valence-electron chi connectivity index (χ3n) is 10.7. The lowest BCUT2D eigenvalue weighted by atomic mass is 9.76. The van der Waals surface area contributed by atoms with E-state index in [1.54, 1.807) is 0 Å². The summed E-state index contributed by atoms with van der Waals surface area (Å²) in [6, 6.07) is 37.5. The van der Waals surface area contributed by atoms with Crippen LogP contribution in [0.5, 0.6) is 0 Å². The molecule has 2 aliphatic heterocycles. The molecule has 2 aliphatic rings. The van der Waals surface area contributed by atoms with E-state index in [4.69, 9.17) is 19.9 Å². The van der Waals surface area contributed by atoms with Crippen LogP contribution < -0.4 is 4.90 Å². The highest BCUT2D eigenvalue weighted by Gasteiger charge is 2.65. The SMILES string of the molecule is CC1(C)N=C2N(c3cccc(-c4cccc(-c5nc(-c6ccccc6)nc(-c6ccccc6)n5)c4)c3)C(C)(C)C(C)(C)N2C1(C)C. The number of rotatable bonds is 5. The molecule has 0 amide bonds. The molecule has 0 unspecified atom stereocenters. The summed E-state index contributed by atoms with van der Waals surface area (Å²) < 4.78 is 0. The van der Waals surface area contributed by atoms with Crippen LogP contribution in [-0.2, 0) is 0 Å². The zero-order valence-corrected chi connectivity index (χ0v) is 28.1. The lowest BCUT2D eigenvalue weighted by Gasteiger charge is -2.50. The Morgan fingerprint density at radius 1 is 0.435 bits per heavy atom. The van der Waals surface area contributed by atoms with Crippen LogP contribution in [0.15, 0.2) is 114 Å². The fourth-order valence-electron chi connectivity index (χ4n) is 6.89. The predicted molar refractivity (Wildman–Crippen MR) is 190 cm³/mol. The number of benzene rings is 4. The number of nitrogens with zero attached hydrogens (tertiary/aromatic N) is 6. The molecule has 5 aromatic rings. The van der Waals surface area contributed by atoms with E-state index in [9.17, 15) is 0 Å². The van der Waals surface area contributed by atoms with Gasteiger partial charge >= 0.3 is 0 Å². The Morgan fingerprint density at radius 3 is 1.46 bits per heavy atom. The number of guanidine groups is 1. The molecular weight excluding hydrogens is 564 g/mol. The molecule has 1 fully saturated rings. The Hall–Kier alpha value is -4.84. The number of hydrogen-bond donors (Lipinski definition) is 0. The molecule has 6 heteroatoms. The number of aliphatic imine (C=N–C) groups is 1. The van der Waals surface area contributed by atoms with Crippen molar-refractivity contribution < 1.29 is 0 Å². The van der Waals surface area contributed by atoms with Crippen LogP contribution in [0.25, 0.3) is 45.3 Å². The lowest BCUT2D eigenvalue weighted by molar-refractivity contribution is 0.0529. The van der Waals surface area contributed by atoms with Crippen LogP contribution in [0.4, 0.5) is 5.69 Å². The lowest BCUT2D eigenvalue weighted by Crippen LogP contribution is -2.62. The standard InChI is InChI=1S/C40H42N6/c1-37(2)38(3,4)46-36(44-37)45(39(5,6)40(46,7)8)32-24-16-22-30(26-32)29-21-15-23-31(25-29)35-42-33(27-17-11-9-12-18-27)41-34(43-35)28-19-13-10-14-20-28/h9-26H,1-8H3. The zero-order valence-electron chi connectivity index (χ0n) is 28.1. The van der Waals surface area contributed by atoms with Gasteiger partial charge in [-0.25, -0.2) is 19.9 Å². The van der Waals surface area contributed by atoms with Crippen molar-refractivity contribution in [1.82, 2.24) is 19.9 Å². The minimum Gasteiger partial charge on any atom is -0.327 e. The van der Waals surface area contributed by atoms with E-state index in [2.05, 4.69) is 114 Å². The summed E-state index contributed by atoms with van der Waals surface area (Å²) in [6.45, 7) is 18.5. The van der Waals surface area contributed by atoms with Crippen LogP contribution >= 0.6 is 0 Å². The van der Waals surface area contributed by atoms with E-state index in [0.29, 0.717) is 17.5 Å². The summed E-state index contributed by atoms with van der Waals surface area (Å²) in [6.07, 6.45) is 0. The average molecular weight is 607 g/mol. The van der Waals surface area contributed by atoms with Gasteiger partial charge in [0.05, 0.1) is 22.2 Å². The monoisotopic (exact) mass is 606 g/mol. The maximum absolute atomic E-state index is 5.35. The van der Waals surface area contributed by atoms with Gasteiger partial charge in [0.15, 0.2) is 17.5 Å². The third kappa shape index (κ3) is 4.53. The summed E-state index contributed by atoms with van der Waals surface area (Å²) in [4.78, 5) is 25.1. The van der Waals surface area contributed by atoms with E-state index in [0.717, 1.165) is 39.5 Å². The molecule has 1 saturated heterocycles. The van der Waals surface area contributed by atoms with Crippen LogP contribution in [0.2, 0.25) is 0 Å². The van der Waals surface area contributed by atoms with Gasteiger partial charge in [-0.1, -0.05) is 91.0 Å². The highest BCUT2D eigenvalue weighted by molar-refractivity contribution is 6.03. The van der Waals surface area contributed by atoms with Gasteiger partial charge in [-0.05, 0) is 84.7 Å². The number of hydrogen-bond acceptors (Lipinski definition) is 6. The van der Waals surface area contributed by atoms with E-state index in [-0.39, 0.29) is 22.2 Å². The fraction of sp³-hybridized carbons (Fsp3) is 0.300. The maximum Gasteiger partial charge on any atom is 0.203 e. The number of fused-ring (bicyclic) bond motifs is 1. The first-order chi connectivity index (χ1) is 21.8. The van der Waals surface area contributed by atoms with Crippen molar-refractivity contribution in [2.45, 2.75) is 77.5 Å². The van der Waals surface area contributed by atoms with Gasteiger partial charge in [0.2, 0.25) is 5.96 Å². The molecule has 1 aromatic heterocycles. The van der Waals surface area contributed by atoms with E-state index in [1.165, 1.54) is 0 Å². The Kier molecular flexibility index (Phi) is 6.71. The van der Waals surface area contributed by atoms with E-state index < -0.39 is 0 Å². The van der Waals surface area contributed by atoms with E-state index in [1.807, 2.05) is 60.7 Å². The number of aromatic nitrogens is 3. The second-order valence-corrected chi connectivity index (χ2v) is 14.5. The first kappa shape index (κ1) is 29.8. The fourth-order valence-corrected chi connectivity index (χ4v) is 6.89. The largest absolute Gasteiger partial charge is 0.327 e. The Balaban J connectivity index is 1.31. The first-order valence-corrected chi connectivity index (χ1v) is 16.1. The maximum atomic E-state index is 5.35. The Labute approximate surface area is 272 Å². The molecular formula is C40H42N6. The van der Waals surface area contributed by atoms with Crippen molar-refractivity contribution in [3.05, 3.63) is 109 Å². The smallest absolute Gasteiger partial charge is 0.203 e. The highest BCUT2D eigenvalue weighted by atomic mass is 15.6. The molecule has 0 N–H and O–H groups in total. The molecule has 232 valence electrons. The summed E-state index contributed by atoms with van der Waals surface area (Å²) in [5, 5.41) is 0. The van der Waals surface area contributed by atoms with Crippen molar-refractivity contribution >= 4 is 11.6 Å². The van der Waals surface area contributed by atoms with Gasteiger partial charge in [-0.15, -0.1) is 0 Å². The number of anilines is 1. The summed E-state index contributed by atoms with van der Waals surface area (Å²) in [5.41, 5.74) is 5.52. The van der Waals surface area contributed by atoms with Crippen molar-refractivity contribution in [2.75, 3.05) is 4.90 Å². The molecule has 6 nitrogen and oxygen atoms in total.